The van der Waals surface area contributed by atoms with Crippen molar-refractivity contribution in [2.45, 2.75) is 406 Å². The molecule has 0 aromatic carbocycles. The predicted octanol–water partition coefficient (Wildman–Crippen LogP) is 23.1. The zero-order valence-electron chi connectivity index (χ0n) is 63.0. The van der Waals surface area contributed by atoms with E-state index in [4.69, 9.17) is 37.0 Å². The number of aliphatic hydroxyl groups is 1. The van der Waals surface area contributed by atoms with E-state index >= 15 is 0 Å². The van der Waals surface area contributed by atoms with Crippen molar-refractivity contribution < 1.29 is 80.2 Å². The summed E-state index contributed by atoms with van der Waals surface area (Å²) in [7, 11) is -9.93. The van der Waals surface area contributed by atoms with Crippen LogP contribution < -0.4 is 0 Å². The number of phosphoric ester groups is 2. The molecule has 0 radical (unpaired) electrons. The number of allylic oxidation sites excluding steroid dienone is 6. The van der Waals surface area contributed by atoms with Crippen LogP contribution in [0.5, 0.6) is 0 Å². The number of aliphatic hydroxyl groups excluding tert-OH is 1. The van der Waals surface area contributed by atoms with E-state index in [2.05, 4.69) is 64.2 Å². The molecule has 5 atom stereocenters. The van der Waals surface area contributed by atoms with Crippen molar-refractivity contribution in [3.63, 3.8) is 0 Å². The summed E-state index contributed by atoms with van der Waals surface area (Å²) in [5.41, 5.74) is 0. The van der Waals surface area contributed by atoms with Gasteiger partial charge in [-0.1, -0.05) is 315 Å². The van der Waals surface area contributed by atoms with E-state index in [1.807, 2.05) is 0 Å². The second-order valence-electron chi connectivity index (χ2n) is 27.4. The van der Waals surface area contributed by atoms with Gasteiger partial charge >= 0.3 is 39.5 Å². The van der Waals surface area contributed by atoms with E-state index in [0.717, 1.165) is 122 Å². The van der Waals surface area contributed by atoms with Crippen molar-refractivity contribution in [1.82, 2.24) is 0 Å². The first-order valence-electron chi connectivity index (χ1n) is 40.2. The second kappa shape index (κ2) is 72.6. The van der Waals surface area contributed by atoms with Crippen LogP contribution in [0, 0.1) is 0 Å². The lowest BCUT2D eigenvalue weighted by Gasteiger charge is -2.21. The molecule has 0 saturated heterocycles. The molecule has 0 aromatic rings. The number of carbonyl (C=O) groups excluding carboxylic acids is 4. The average Bonchev–Trinajstić information content (AvgIpc) is 0.984. The number of hydrogen-bond acceptors (Lipinski definition) is 15. The number of unbranched alkanes of at least 4 members (excludes halogenated alkanes) is 45. The molecule has 3 N–H and O–H groups in total. The zero-order valence-corrected chi connectivity index (χ0v) is 64.8. The van der Waals surface area contributed by atoms with Gasteiger partial charge < -0.3 is 33.8 Å². The summed E-state index contributed by atoms with van der Waals surface area (Å²) in [5.74, 6) is -2.15. The third kappa shape index (κ3) is 71.7. The van der Waals surface area contributed by atoms with Gasteiger partial charge in [0.2, 0.25) is 0 Å². The summed E-state index contributed by atoms with van der Waals surface area (Å²) in [6, 6.07) is 0. The maximum atomic E-state index is 13.1. The number of ether oxygens (including phenoxy) is 4. The van der Waals surface area contributed by atoms with Crippen LogP contribution in [-0.2, 0) is 65.4 Å². The van der Waals surface area contributed by atoms with Crippen LogP contribution in [0.3, 0.4) is 0 Å². The third-order valence-corrected chi connectivity index (χ3v) is 19.5. The Kier molecular flexibility index (Phi) is 70.6. The molecule has 576 valence electrons. The maximum absolute atomic E-state index is 13.1. The molecule has 0 bridgehead atoms. The molecule has 98 heavy (non-hydrogen) atoms. The van der Waals surface area contributed by atoms with E-state index in [1.54, 1.807) is 0 Å². The van der Waals surface area contributed by atoms with Gasteiger partial charge in [0, 0.05) is 25.7 Å². The molecule has 0 aliphatic carbocycles. The fourth-order valence-corrected chi connectivity index (χ4v) is 13.0. The van der Waals surface area contributed by atoms with Crippen LogP contribution in [0.4, 0.5) is 0 Å². The molecule has 0 aromatic heterocycles. The molecule has 0 rings (SSSR count). The van der Waals surface area contributed by atoms with Crippen molar-refractivity contribution in [3.05, 3.63) is 36.5 Å². The van der Waals surface area contributed by atoms with Gasteiger partial charge in [0.1, 0.15) is 19.3 Å². The molecule has 0 heterocycles. The van der Waals surface area contributed by atoms with E-state index in [9.17, 15) is 43.2 Å². The first-order chi connectivity index (χ1) is 47.7. The van der Waals surface area contributed by atoms with E-state index < -0.39 is 97.5 Å². The highest BCUT2D eigenvalue weighted by Gasteiger charge is 2.30. The number of hydrogen-bond donors (Lipinski definition) is 3. The first-order valence-corrected chi connectivity index (χ1v) is 43.2. The minimum atomic E-state index is -4.97. The average molecular weight is 1430 g/mol. The minimum absolute atomic E-state index is 0.0862. The van der Waals surface area contributed by atoms with Gasteiger partial charge in [0.15, 0.2) is 12.2 Å². The second-order valence-corrected chi connectivity index (χ2v) is 30.3. The Balaban J connectivity index is 5.31. The van der Waals surface area contributed by atoms with Crippen LogP contribution in [0.25, 0.3) is 0 Å². The summed E-state index contributed by atoms with van der Waals surface area (Å²) in [6.45, 7) is 4.91. The lowest BCUT2D eigenvalue weighted by Crippen LogP contribution is -2.30. The molecule has 0 amide bonds. The highest BCUT2D eigenvalue weighted by Crippen LogP contribution is 2.45. The summed E-state index contributed by atoms with van der Waals surface area (Å²) in [4.78, 5) is 72.9. The Hall–Kier alpha value is -2.72. The summed E-state index contributed by atoms with van der Waals surface area (Å²) in [6.07, 6.45) is 68.3. The van der Waals surface area contributed by atoms with Crippen molar-refractivity contribution in [2.24, 2.45) is 0 Å². The van der Waals surface area contributed by atoms with Crippen molar-refractivity contribution in [1.29, 1.82) is 0 Å². The van der Waals surface area contributed by atoms with Crippen LogP contribution in [0.15, 0.2) is 36.5 Å². The van der Waals surface area contributed by atoms with Gasteiger partial charge in [-0.15, -0.1) is 0 Å². The van der Waals surface area contributed by atoms with E-state index in [0.29, 0.717) is 25.7 Å². The Morgan fingerprint density at radius 3 is 0.796 bits per heavy atom. The third-order valence-electron chi connectivity index (χ3n) is 17.6. The van der Waals surface area contributed by atoms with Crippen molar-refractivity contribution in [2.75, 3.05) is 39.6 Å². The molecular formula is C79H148O17P2. The Labute approximate surface area is 598 Å². The lowest BCUT2D eigenvalue weighted by molar-refractivity contribution is -0.161. The van der Waals surface area contributed by atoms with Crippen LogP contribution in [0.1, 0.15) is 387 Å². The van der Waals surface area contributed by atoms with Crippen molar-refractivity contribution >= 4 is 39.5 Å². The van der Waals surface area contributed by atoms with Gasteiger partial charge in [0.05, 0.1) is 26.4 Å². The SMILES string of the molecule is CCCCC/C=C\C/C=C\CCCCCCCC(=O)O[C@H](COC(=O)CCCCCCCCCCCCCCCCC)COP(=O)(O)OC[C@@H](O)COP(=O)(O)OC[C@@H](COC(=O)CCCCCCCCCCCCCCCCC)OC(=O)CCCCCCC/C=C\CCCCCC. The monoisotopic (exact) mass is 1430 g/mol. The molecule has 0 fully saturated rings. The fourth-order valence-electron chi connectivity index (χ4n) is 11.4. The molecule has 0 spiro atoms. The zero-order chi connectivity index (χ0) is 71.8. The topological polar surface area (TPSA) is 237 Å². The highest BCUT2D eigenvalue weighted by molar-refractivity contribution is 7.47. The van der Waals surface area contributed by atoms with Gasteiger partial charge in [-0.05, 0) is 83.5 Å². The predicted molar refractivity (Wildman–Crippen MR) is 400 cm³/mol. The molecule has 0 aliphatic rings. The van der Waals surface area contributed by atoms with Crippen LogP contribution in [0.2, 0.25) is 0 Å². The first kappa shape index (κ1) is 95.3. The minimum Gasteiger partial charge on any atom is -0.462 e. The van der Waals surface area contributed by atoms with Crippen LogP contribution >= 0.6 is 15.6 Å². The Morgan fingerprint density at radius 2 is 0.500 bits per heavy atom. The molecule has 0 saturated carbocycles. The molecule has 0 aliphatic heterocycles. The van der Waals surface area contributed by atoms with E-state index in [1.165, 1.54) is 186 Å². The largest absolute Gasteiger partial charge is 0.472 e. The Morgan fingerprint density at radius 1 is 0.286 bits per heavy atom. The standard InChI is InChI=1S/C79H148O17P2/c1-5-9-13-17-21-25-29-33-36-40-43-47-51-55-59-63-76(81)89-69-74(95-78(83)65-61-57-53-49-45-39-32-28-24-20-16-12-8-4)71-93-97(85,86)91-67-73(80)68-92-98(87,88)94-72-75(96-79(84)66-62-58-54-50-46-42-38-35-31-27-23-19-15-11-7-3)70-90-77(82)64-60-56-52-48-44-41-37-34-30-26-22-18-14-10-6-2/h23,27-28,32,35,38,73-75,80H,5-22,24-26,29-31,33-34,36-37,39-72H2,1-4H3,(H,85,86)(H,87,88)/b27-23-,32-28-,38-35-/t73-,74+,75+/m0/s1. The smallest absolute Gasteiger partial charge is 0.462 e. The molecular weight excluding hydrogens is 1280 g/mol. The van der Waals surface area contributed by atoms with Gasteiger partial charge in [-0.2, -0.15) is 0 Å². The van der Waals surface area contributed by atoms with Gasteiger partial charge in [0.25, 0.3) is 0 Å². The quantitative estimate of drug-likeness (QED) is 0.0169. The molecule has 2 unspecified atom stereocenters. The summed E-state index contributed by atoms with van der Waals surface area (Å²) in [5, 5.41) is 10.6. The number of carbonyl (C=O) groups is 4. The van der Waals surface area contributed by atoms with Gasteiger partial charge in [-0.3, -0.25) is 37.3 Å². The number of esters is 4. The number of rotatable bonds is 77. The lowest BCUT2D eigenvalue weighted by atomic mass is 10.0. The normalized spacial score (nSPS) is 14.1. The Bertz CT molecular complexity index is 2000. The van der Waals surface area contributed by atoms with Crippen LogP contribution in [-0.4, -0.2) is 96.7 Å². The van der Waals surface area contributed by atoms with Gasteiger partial charge in [-0.25, -0.2) is 9.13 Å². The fraction of sp³-hybridized carbons (Fsp3) is 0.873. The summed E-state index contributed by atoms with van der Waals surface area (Å²) < 4.78 is 68.6. The maximum Gasteiger partial charge on any atom is 0.472 e. The van der Waals surface area contributed by atoms with Crippen molar-refractivity contribution in [3.8, 4) is 0 Å². The number of phosphoric acid groups is 2. The summed E-state index contributed by atoms with van der Waals surface area (Å²) >= 11 is 0. The van der Waals surface area contributed by atoms with E-state index in [-0.39, 0.29) is 25.7 Å². The highest BCUT2D eigenvalue weighted by atomic mass is 31.2. The molecule has 19 heteroatoms. The molecule has 17 nitrogen and oxygen atoms in total.